The van der Waals surface area contributed by atoms with Crippen molar-refractivity contribution < 1.29 is 46.0 Å². The lowest BCUT2D eigenvalue weighted by atomic mass is 10.0. The minimum Gasteiger partial charge on any atom is -0.479 e. The number of hydroxylamine groups is 2. The van der Waals surface area contributed by atoms with Crippen LogP contribution in [0.2, 0.25) is 0 Å². The number of benzene rings is 2. The van der Waals surface area contributed by atoms with Crippen LogP contribution >= 0.6 is 0 Å². The highest BCUT2D eigenvalue weighted by Gasteiger charge is 2.54. The second-order valence-electron chi connectivity index (χ2n) is 16.8. The number of hydrogen-bond acceptors (Lipinski definition) is 17. The molecule has 4 heterocycles. The Morgan fingerprint density at radius 3 is 1.62 bits per heavy atom. The van der Waals surface area contributed by atoms with Gasteiger partial charge in [0.2, 0.25) is 37.5 Å². The van der Waals surface area contributed by atoms with Gasteiger partial charge in [-0.25, -0.2) is 21.6 Å². The Hall–Kier alpha value is -3.73. The summed E-state index contributed by atoms with van der Waals surface area (Å²) in [5, 5.41) is 35.9. The summed E-state index contributed by atoms with van der Waals surface area (Å²) in [6.45, 7) is 9.69. The number of carbonyl (C=O) groups is 3. The topological polar surface area (TPSA) is 303 Å². The number of hydrogen-bond donors (Lipinski definition) is 13. The van der Waals surface area contributed by atoms with Gasteiger partial charge >= 0.3 is 5.97 Å². The summed E-state index contributed by atoms with van der Waals surface area (Å²) < 4.78 is 61.4. The predicted octanol–water partition coefficient (Wildman–Crippen LogP) is -2.00. The normalized spacial score (nSPS) is 23.5. The van der Waals surface area contributed by atoms with Crippen LogP contribution in [0.4, 0.5) is 0 Å². The van der Waals surface area contributed by atoms with Crippen molar-refractivity contribution in [2.24, 2.45) is 0 Å². The van der Waals surface area contributed by atoms with Crippen LogP contribution in [-0.4, -0.2) is 128 Å². The summed E-state index contributed by atoms with van der Waals surface area (Å²) in [6, 6.07) is 8.76. The van der Waals surface area contributed by atoms with Crippen molar-refractivity contribution in [2.75, 3.05) is 39.3 Å². The standard InChI is InChI=1S/C40H64N12O10S2/c1-25-19-26(2)35(27(3)20-25)64(59,60)52-40(37(55)56,51-63(57,58)32-11-5-4-6-12-32)36(47-33(53)23-28-21-30(61-49-28)9-7-13-41-38-43-15-16-44-38)48-34(54)24-29-22-31(62-50-29)10-8-14-42-39-45-17-18-46-39/h4-6,11-12,19-20,28-31,36,38-39,41-46,49-52H,7-10,13-18,21-24H2,1-3H3,(H,47,53)(H,48,54)(H,55,56). The molecule has 13 N–H and O–H groups in total. The van der Waals surface area contributed by atoms with Gasteiger partial charge in [-0.05, 0) is 95.6 Å². The Morgan fingerprint density at radius 2 is 1.17 bits per heavy atom. The molecule has 5 atom stereocenters. The number of carboxylic acid groups (broad SMARTS) is 1. The van der Waals surface area contributed by atoms with Gasteiger partial charge in [0.1, 0.15) is 18.7 Å². The summed E-state index contributed by atoms with van der Waals surface area (Å²) in [6.07, 6.45) is 0.428. The molecule has 4 aliphatic heterocycles. The fourth-order valence-corrected chi connectivity index (χ4v) is 11.6. The van der Waals surface area contributed by atoms with Crippen LogP contribution in [0.5, 0.6) is 0 Å². The van der Waals surface area contributed by atoms with Crippen molar-refractivity contribution in [2.45, 2.75) is 131 Å². The third kappa shape index (κ3) is 13.7. The first kappa shape index (κ1) is 49.7. The second-order valence-corrected chi connectivity index (χ2v) is 20.1. The van der Waals surface area contributed by atoms with Crippen molar-refractivity contribution in [3.63, 3.8) is 0 Å². The van der Waals surface area contributed by atoms with E-state index in [1.165, 1.54) is 38.1 Å². The highest BCUT2D eigenvalue weighted by molar-refractivity contribution is 7.90. The largest absolute Gasteiger partial charge is 0.479 e. The Labute approximate surface area is 374 Å². The molecule has 4 saturated heterocycles. The molecule has 24 heteroatoms. The molecule has 0 aliphatic carbocycles. The summed E-state index contributed by atoms with van der Waals surface area (Å²) in [5.74, 6) is -3.74. The van der Waals surface area contributed by atoms with E-state index in [9.17, 15) is 36.3 Å². The third-order valence-electron chi connectivity index (χ3n) is 11.4. The van der Waals surface area contributed by atoms with E-state index in [0.29, 0.717) is 38.8 Å². The minimum atomic E-state index is -4.96. The fourth-order valence-electron chi connectivity index (χ4n) is 8.48. The first-order valence-electron chi connectivity index (χ1n) is 21.8. The average molecular weight is 937 g/mol. The lowest BCUT2D eigenvalue weighted by Gasteiger charge is -2.38. The highest BCUT2D eigenvalue weighted by atomic mass is 32.2. The van der Waals surface area contributed by atoms with Crippen molar-refractivity contribution in [1.82, 2.24) is 62.9 Å². The molecule has 2 aromatic carbocycles. The molecule has 2 aromatic rings. The Bertz CT molecular complexity index is 2050. The first-order valence-corrected chi connectivity index (χ1v) is 24.8. The number of aliphatic carboxylic acids is 1. The Balaban J connectivity index is 1.23. The molecule has 4 aliphatic rings. The van der Waals surface area contributed by atoms with Crippen molar-refractivity contribution in [3.8, 4) is 0 Å². The van der Waals surface area contributed by atoms with E-state index in [4.69, 9.17) is 9.68 Å². The van der Waals surface area contributed by atoms with E-state index < -0.39 is 66.6 Å². The van der Waals surface area contributed by atoms with Crippen LogP contribution in [0.3, 0.4) is 0 Å². The van der Waals surface area contributed by atoms with Gasteiger partial charge in [-0.15, -0.1) is 0 Å². The van der Waals surface area contributed by atoms with E-state index in [2.05, 4.69) is 62.9 Å². The fraction of sp³-hybridized carbons (Fsp3) is 0.625. The van der Waals surface area contributed by atoms with E-state index in [-0.39, 0.29) is 53.7 Å². The SMILES string of the molecule is Cc1cc(C)c(S(=O)(=O)NC(NS(=O)(=O)c2ccccc2)(C(=O)O)C(NC(=O)CC2CC(CCCNC3NCCN3)ON2)NC(=O)CC2CC(CCCNC3NCCN3)ON2)c(C)c1. The molecular weight excluding hydrogens is 873 g/mol. The molecule has 5 unspecified atom stereocenters. The summed E-state index contributed by atoms with van der Waals surface area (Å²) >= 11 is 0. The summed E-state index contributed by atoms with van der Waals surface area (Å²) in [5.41, 5.74) is 3.57. The molecule has 6 rings (SSSR count). The molecule has 0 spiro atoms. The van der Waals surface area contributed by atoms with Crippen molar-refractivity contribution >= 4 is 37.8 Å². The van der Waals surface area contributed by atoms with E-state index in [0.717, 1.165) is 44.6 Å². The van der Waals surface area contributed by atoms with Gasteiger partial charge in [-0.2, -0.15) is 20.4 Å². The van der Waals surface area contributed by atoms with Gasteiger partial charge in [-0.3, -0.25) is 51.2 Å². The van der Waals surface area contributed by atoms with Crippen LogP contribution < -0.4 is 62.9 Å². The van der Waals surface area contributed by atoms with Gasteiger partial charge in [0.15, 0.2) is 0 Å². The zero-order valence-electron chi connectivity index (χ0n) is 36.4. The molecule has 0 radical (unpaired) electrons. The van der Waals surface area contributed by atoms with Gasteiger partial charge in [-0.1, -0.05) is 35.9 Å². The van der Waals surface area contributed by atoms with E-state index in [1.54, 1.807) is 25.1 Å². The number of carboxylic acids is 1. The minimum absolute atomic E-state index is 0.0337. The lowest BCUT2D eigenvalue weighted by Crippen LogP contribution is -2.78. The smallest absolute Gasteiger partial charge is 0.345 e. The maximum absolute atomic E-state index is 14.5. The summed E-state index contributed by atoms with van der Waals surface area (Å²) in [7, 11) is -9.86. The molecule has 356 valence electrons. The maximum atomic E-state index is 14.5. The number of aryl methyl sites for hydroxylation is 3. The molecule has 64 heavy (non-hydrogen) atoms. The molecule has 0 saturated carbocycles. The lowest BCUT2D eigenvalue weighted by molar-refractivity contribution is -0.147. The van der Waals surface area contributed by atoms with Gasteiger partial charge < -0.3 is 15.7 Å². The zero-order chi connectivity index (χ0) is 45.9. The van der Waals surface area contributed by atoms with Crippen molar-refractivity contribution in [1.29, 1.82) is 0 Å². The predicted molar refractivity (Wildman–Crippen MR) is 234 cm³/mol. The monoisotopic (exact) mass is 936 g/mol. The zero-order valence-corrected chi connectivity index (χ0v) is 38.1. The van der Waals surface area contributed by atoms with Gasteiger partial charge in [0.25, 0.3) is 0 Å². The third-order valence-corrected chi connectivity index (χ3v) is 14.7. The van der Waals surface area contributed by atoms with Crippen molar-refractivity contribution in [3.05, 3.63) is 59.2 Å². The number of amides is 2. The molecule has 0 bridgehead atoms. The second kappa shape index (κ2) is 22.6. The van der Waals surface area contributed by atoms with Crippen LogP contribution in [0.25, 0.3) is 0 Å². The van der Waals surface area contributed by atoms with E-state index >= 15 is 0 Å². The van der Waals surface area contributed by atoms with Gasteiger partial charge in [0.05, 0.1) is 22.0 Å². The number of nitrogens with one attached hydrogen (secondary N) is 12. The number of rotatable bonds is 24. The van der Waals surface area contributed by atoms with Crippen LogP contribution in [0, 0.1) is 20.8 Å². The van der Waals surface area contributed by atoms with Crippen LogP contribution in [0.1, 0.15) is 68.1 Å². The molecule has 4 fully saturated rings. The van der Waals surface area contributed by atoms with Gasteiger partial charge in [0, 0.05) is 51.1 Å². The highest BCUT2D eigenvalue weighted by Crippen LogP contribution is 2.26. The molecule has 2 amide bonds. The quantitative estimate of drug-likeness (QED) is 0.0400. The Morgan fingerprint density at radius 1 is 0.719 bits per heavy atom. The molecular formula is C40H64N12O10S2. The maximum Gasteiger partial charge on any atom is 0.345 e. The van der Waals surface area contributed by atoms with E-state index in [1.807, 2.05) is 0 Å². The molecule has 0 aromatic heterocycles. The average Bonchev–Trinajstić information content (AvgIpc) is 4.08. The summed E-state index contributed by atoms with van der Waals surface area (Å²) in [4.78, 5) is 52.6. The Kier molecular flexibility index (Phi) is 17.6. The number of sulfonamides is 2. The van der Waals surface area contributed by atoms with Crippen LogP contribution in [-0.2, 0) is 44.1 Å². The molecule has 22 nitrogen and oxygen atoms in total. The number of carbonyl (C=O) groups excluding carboxylic acids is 2. The first-order chi connectivity index (χ1) is 30.5. The van der Waals surface area contributed by atoms with Crippen LogP contribution in [0.15, 0.2) is 52.3 Å².